The Morgan fingerprint density at radius 1 is 1.19 bits per heavy atom. The summed E-state index contributed by atoms with van der Waals surface area (Å²) in [6, 6.07) is 7.29. The zero-order chi connectivity index (χ0) is 20.0. The van der Waals surface area contributed by atoms with Gasteiger partial charge in [-0.15, -0.1) is 0 Å². The number of nitriles is 1. The molecule has 27 heavy (non-hydrogen) atoms. The zero-order valence-electron chi connectivity index (χ0n) is 15.3. The van der Waals surface area contributed by atoms with E-state index in [0.717, 1.165) is 4.90 Å². The van der Waals surface area contributed by atoms with Gasteiger partial charge in [0.15, 0.2) is 0 Å². The molecule has 0 N–H and O–H groups in total. The standard InChI is InChI=1S/C19H21N3O5/c1-3-27-16(23)9-12-21(11-6-10-20)17(24)13(2)22-18(25)14-7-4-5-8-15(14)19(22)26/h4-5,7-8,13H,3,6,9,11-12H2,1-2H3. The molecule has 0 saturated heterocycles. The van der Waals surface area contributed by atoms with Gasteiger partial charge in [-0.25, -0.2) is 0 Å². The number of carbonyl (C=O) groups is 4. The van der Waals surface area contributed by atoms with Gasteiger partial charge in [0, 0.05) is 13.1 Å². The van der Waals surface area contributed by atoms with E-state index in [9.17, 15) is 19.2 Å². The normalized spacial score (nSPS) is 13.7. The molecule has 1 aromatic carbocycles. The maximum Gasteiger partial charge on any atom is 0.307 e. The predicted octanol–water partition coefficient (Wildman–Crippen LogP) is 1.37. The number of esters is 1. The highest BCUT2D eigenvalue weighted by molar-refractivity contribution is 6.22. The Morgan fingerprint density at radius 3 is 2.30 bits per heavy atom. The molecule has 0 aliphatic carbocycles. The van der Waals surface area contributed by atoms with Gasteiger partial charge >= 0.3 is 5.97 Å². The van der Waals surface area contributed by atoms with Gasteiger partial charge in [-0.2, -0.15) is 5.26 Å². The molecule has 1 aliphatic heterocycles. The molecular weight excluding hydrogens is 350 g/mol. The zero-order valence-corrected chi connectivity index (χ0v) is 15.3. The lowest BCUT2D eigenvalue weighted by molar-refractivity contribution is -0.144. The highest BCUT2D eigenvalue weighted by atomic mass is 16.5. The fourth-order valence-electron chi connectivity index (χ4n) is 2.91. The fraction of sp³-hybridized carbons (Fsp3) is 0.421. The number of amides is 3. The summed E-state index contributed by atoms with van der Waals surface area (Å²) >= 11 is 0. The Labute approximate surface area is 157 Å². The van der Waals surface area contributed by atoms with Gasteiger partial charge in [-0.3, -0.25) is 24.1 Å². The predicted molar refractivity (Wildman–Crippen MR) is 94.5 cm³/mol. The molecule has 0 spiro atoms. The first-order chi connectivity index (χ1) is 12.9. The van der Waals surface area contributed by atoms with E-state index in [1.165, 1.54) is 11.8 Å². The SMILES string of the molecule is CCOC(=O)CCN(CCC#N)C(=O)C(C)N1C(=O)c2ccccc2C1=O. The Balaban J connectivity index is 2.14. The quantitative estimate of drug-likeness (QED) is 0.504. The van der Waals surface area contributed by atoms with Crippen molar-refractivity contribution in [2.75, 3.05) is 19.7 Å². The lowest BCUT2D eigenvalue weighted by Crippen LogP contribution is -2.50. The minimum atomic E-state index is -1.04. The molecular formula is C19H21N3O5. The van der Waals surface area contributed by atoms with Crippen molar-refractivity contribution in [3.05, 3.63) is 35.4 Å². The minimum Gasteiger partial charge on any atom is -0.466 e. The number of nitrogens with zero attached hydrogens (tertiary/aromatic N) is 3. The maximum atomic E-state index is 12.9. The van der Waals surface area contributed by atoms with Crippen LogP contribution in [0.4, 0.5) is 0 Å². The second kappa shape index (κ2) is 8.94. The highest BCUT2D eigenvalue weighted by Gasteiger charge is 2.41. The van der Waals surface area contributed by atoms with Crippen LogP contribution in [-0.4, -0.2) is 59.2 Å². The molecule has 1 aliphatic rings. The molecule has 1 unspecified atom stereocenters. The molecule has 2 rings (SSSR count). The van der Waals surface area contributed by atoms with Crippen molar-refractivity contribution >= 4 is 23.7 Å². The van der Waals surface area contributed by atoms with Crippen molar-refractivity contribution in [3.63, 3.8) is 0 Å². The summed E-state index contributed by atoms with van der Waals surface area (Å²) in [4.78, 5) is 51.8. The molecule has 142 valence electrons. The second-order valence-electron chi connectivity index (χ2n) is 5.99. The molecule has 1 atom stereocenters. The van der Waals surface area contributed by atoms with Crippen molar-refractivity contribution < 1.29 is 23.9 Å². The van der Waals surface area contributed by atoms with Crippen LogP contribution in [0.15, 0.2) is 24.3 Å². The average Bonchev–Trinajstić information content (AvgIpc) is 2.92. The summed E-state index contributed by atoms with van der Waals surface area (Å²) in [5, 5.41) is 8.81. The molecule has 3 amide bonds. The molecule has 0 bridgehead atoms. The molecule has 0 aromatic heterocycles. The maximum absolute atomic E-state index is 12.9. The van der Waals surface area contributed by atoms with Gasteiger partial charge in [0.1, 0.15) is 6.04 Å². The van der Waals surface area contributed by atoms with Gasteiger partial charge in [0.2, 0.25) is 5.91 Å². The number of carbonyl (C=O) groups excluding carboxylic acids is 4. The van der Waals surface area contributed by atoms with Crippen molar-refractivity contribution in [1.82, 2.24) is 9.80 Å². The van der Waals surface area contributed by atoms with Crippen molar-refractivity contribution in [3.8, 4) is 6.07 Å². The van der Waals surface area contributed by atoms with Crippen LogP contribution in [0.3, 0.4) is 0 Å². The lowest BCUT2D eigenvalue weighted by atomic mass is 10.1. The number of rotatable bonds is 8. The highest BCUT2D eigenvalue weighted by Crippen LogP contribution is 2.25. The summed E-state index contributed by atoms with van der Waals surface area (Å²) in [6.45, 7) is 3.53. The van der Waals surface area contributed by atoms with Crippen LogP contribution in [0.5, 0.6) is 0 Å². The number of hydrogen-bond acceptors (Lipinski definition) is 6. The largest absolute Gasteiger partial charge is 0.466 e. The van der Waals surface area contributed by atoms with Crippen LogP contribution >= 0.6 is 0 Å². The summed E-state index contributed by atoms with van der Waals surface area (Å²) in [6.07, 6.45) is 0.0449. The Hall–Kier alpha value is -3.21. The van der Waals surface area contributed by atoms with Crippen molar-refractivity contribution in [2.45, 2.75) is 32.7 Å². The third kappa shape index (κ3) is 4.31. The van der Waals surface area contributed by atoms with E-state index < -0.39 is 29.7 Å². The Kier molecular flexibility index (Phi) is 6.66. The number of ether oxygens (including phenoxy) is 1. The smallest absolute Gasteiger partial charge is 0.307 e. The van der Waals surface area contributed by atoms with Gasteiger partial charge in [0.05, 0.1) is 36.6 Å². The third-order valence-corrected chi connectivity index (χ3v) is 4.27. The van der Waals surface area contributed by atoms with E-state index in [-0.39, 0.29) is 43.7 Å². The first-order valence-corrected chi connectivity index (χ1v) is 8.70. The summed E-state index contributed by atoms with van der Waals surface area (Å²) in [7, 11) is 0. The van der Waals surface area contributed by atoms with Crippen LogP contribution in [-0.2, 0) is 14.3 Å². The number of hydrogen-bond donors (Lipinski definition) is 0. The van der Waals surface area contributed by atoms with E-state index in [0.29, 0.717) is 0 Å². The summed E-state index contributed by atoms with van der Waals surface area (Å²) in [5.41, 5.74) is 0.523. The number of imide groups is 1. The van der Waals surface area contributed by atoms with Crippen molar-refractivity contribution in [1.29, 1.82) is 5.26 Å². The second-order valence-corrected chi connectivity index (χ2v) is 5.99. The van der Waals surface area contributed by atoms with Gasteiger partial charge < -0.3 is 9.64 Å². The van der Waals surface area contributed by atoms with E-state index >= 15 is 0 Å². The van der Waals surface area contributed by atoms with Crippen LogP contribution in [0.2, 0.25) is 0 Å². The van der Waals surface area contributed by atoms with Crippen LogP contribution in [0, 0.1) is 11.3 Å². The van der Waals surface area contributed by atoms with Crippen LogP contribution in [0.1, 0.15) is 47.4 Å². The first kappa shape index (κ1) is 20.1. The van der Waals surface area contributed by atoms with E-state index in [1.807, 2.05) is 6.07 Å². The van der Waals surface area contributed by atoms with Gasteiger partial charge in [-0.1, -0.05) is 12.1 Å². The van der Waals surface area contributed by atoms with E-state index in [2.05, 4.69) is 0 Å². The average molecular weight is 371 g/mol. The molecule has 0 fully saturated rings. The topological polar surface area (TPSA) is 108 Å². The molecule has 0 saturated carbocycles. The summed E-state index contributed by atoms with van der Waals surface area (Å²) < 4.78 is 4.85. The molecule has 1 heterocycles. The van der Waals surface area contributed by atoms with E-state index in [4.69, 9.17) is 10.00 Å². The summed E-state index contributed by atoms with van der Waals surface area (Å²) in [5.74, 6) is -2.01. The molecule has 8 heteroatoms. The number of fused-ring (bicyclic) bond motifs is 1. The molecule has 1 aromatic rings. The fourth-order valence-corrected chi connectivity index (χ4v) is 2.91. The molecule has 8 nitrogen and oxygen atoms in total. The van der Waals surface area contributed by atoms with Gasteiger partial charge in [-0.05, 0) is 26.0 Å². The number of benzene rings is 1. The lowest BCUT2D eigenvalue weighted by Gasteiger charge is -2.28. The first-order valence-electron chi connectivity index (χ1n) is 8.70. The third-order valence-electron chi connectivity index (χ3n) is 4.27. The Bertz CT molecular complexity index is 764. The van der Waals surface area contributed by atoms with Crippen molar-refractivity contribution in [2.24, 2.45) is 0 Å². The van der Waals surface area contributed by atoms with Crippen LogP contribution < -0.4 is 0 Å². The van der Waals surface area contributed by atoms with Crippen LogP contribution in [0.25, 0.3) is 0 Å². The van der Waals surface area contributed by atoms with E-state index in [1.54, 1.807) is 31.2 Å². The monoisotopic (exact) mass is 371 g/mol. The van der Waals surface area contributed by atoms with Gasteiger partial charge in [0.25, 0.3) is 11.8 Å². The minimum absolute atomic E-state index is 0.0279. The molecule has 0 radical (unpaired) electrons. The Morgan fingerprint density at radius 2 is 1.78 bits per heavy atom.